The molecule has 1 saturated heterocycles. The molecule has 2 nitrogen and oxygen atoms in total. The van der Waals surface area contributed by atoms with E-state index in [9.17, 15) is 0 Å². The fourth-order valence-corrected chi connectivity index (χ4v) is 1.42. The van der Waals surface area contributed by atoms with Crippen LogP contribution in [0, 0.1) is 5.41 Å². The van der Waals surface area contributed by atoms with E-state index in [0.717, 1.165) is 13.2 Å². The van der Waals surface area contributed by atoms with Gasteiger partial charge in [0.2, 0.25) is 0 Å². The van der Waals surface area contributed by atoms with E-state index < -0.39 is 0 Å². The zero-order chi connectivity index (χ0) is 7.45. The lowest BCUT2D eigenvalue weighted by molar-refractivity contribution is -0.161. The Morgan fingerprint density at radius 3 is 2.40 bits per heavy atom. The lowest BCUT2D eigenvalue weighted by Gasteiger charge is -2.32. The average molecular weight is 144 g/mol. The molecule has 1 aliphatic rings. The van der Waals surface area contributed by atoms with Crippen molar-refractivity contribution in [3.05, 3.63) is 0 Å². The van der Waals surface area contributed by atoms with E-state index in [-0.39, 0.29) is 5.41 Å². The molecule has 1 rings (SSSR count). The summed E-state index contributed by atoms with van der Waals surface area (Å²) < 4.78 is 10.4. The van der Waals surface area contributed by atoms with Gasteiger partial charge in [0, 0.05) is 5.41 Å². The monoisotopic (exact) mass is 144 g/mol. The summed E-state index contributed by atoms with van der Waals surface area (Å²) in [6.45, 7) is 6.62. The summed E-state index contributed by atoms with van der Waals surface area (Å²) in [6, 6.07) is 0. The van der Waals surface area contributed by atoms with Crippen LogP contribution in [0.4, 0.5) is 0 Å². The van der Waals surface area contributed by atoms with Crippen LogP contribution in [-0.2, 0) is 9.47 Å². The molecular weight excluding hydrogens is 128 g/mol. The number of rotatable bonds is 2. The first-order valence-corrected chi connectivity index (χ1v) is 3.92. The third-order valence-electron chi connectivity index (χ3n) is 1.92. The summed E-state index contributed by atoms with van der Waals surface area (Å²) in [5.41, 5.74) is 0.285. The van der Waals surface area contributed by atoms with E-state index in [1.54, 1.807) is 0 Å². The van der Waals surface area contributed by atoms with Gasteiger partial charge in [0.05, 0.1) is 13.2 Å². The maximum Gasteiger partial charge on any atom is 0.146 e. The topological polar surface area (TPSA) is 18.5 Å². The molecule has 0 N–H and O–H groups in total. The van der Waals surface area contributed by atoms with E-state index in [4.69, 9.17) is 9.47 Å². The molecule has 0 saturated carbocycles. The van der Waals surface area contributed by atoms with Gasteiger partial charge in [-0.2, -0.15) is 0 Å². The van der Waals surface area contributed by atoms with Crippen molar-refractivity contribution < 1.29 is 9.47 Å². The van der Waals surface area contributed by atoms with Crippen molar-refractivity contribution in [3.63, 3.8) is 0 Å². The highest BCUT2D eigenvalue weighted by Crippen LogP contribution is 2.26. The predicted octanol–water partition coefficient (Wildman–Crippen LogP) is 1.80. The standard InChI is InChI=1S/C8H16O2/c1-3-4-8(2)5-9-7-10-6-8/h3-7H2,1-2H3. The predicted molar refractivity (Wildman–Crippen MR) is 39.8 cm³/mol. The van der Waals surface area contributed by atoms with E-state index in [1.165, 1.54) is 12.8 Å². The van der Waals surface area contributed by atoms with Gasteiger partial charge in [-0.3, -0.25) is 0 Å². The fourth-order valence-electron chi connectivity index (χ4n) is 1.42. The molecule has 1 fully saturated rings. The van der Waals surface area contributed by atoms with E-state index >= 15 is 0 Å². The Bertz CT molecular complexity index is 89.9. The van der Waals surface area contributed by atoms with Crippen LogP contribution < -0.4 is 0 Å². The van der Waals surface area contributed by atoms with Gasteiger partial charge in [0.15, 0.2) is 0 Å². The van der Waals surface area contributed by atoms with Gasteiger partial charge in [0.25, 0.3) is 0 Å². The van der Waals surface area contributed by atoms with Crippen LogP contribution in [0.3, 0.4) is 0 Å². The lowest BCUT2D eigenvalue weighted by atomic mass is 9.87. The Morgan fingerprint density at radius 1 is 1.30 bits per heavy atom. The molecule has 2 heteroatoms. The fraction of sp³-hybridized carbons (Fsp3) is 1.00. The largest absolute Gasteiger partial charge is 0.355 e. The molecule has 0 bridgehead atoms. The highest BCUT2D eigenvalue weighted by molar-refractivity contribution is 4.74. The maximum absolute atomic E-state index is 5.22. The summed E-state index contributed by atoms with van der Waals surface area (Å²) in [4.78, 5) is 0. The molecule has 0 unspecified atom stereocenters. The Balaban J connectivity index is 2.32. The van der Waals surface area contributed by atoms with Gasteiger partial charge < -0.3 is 9.47 Å². The first kappa shape index (κ1) is 8.02. The third-order valence-corrected chi connectivity index (χ3v) is 1.92. The molecule has 0 atom stereocenters. The van der Waals surface area contributed by atoms with Crippen LogP contribution in [0.2, 0.25) is 0 Å². The normalized spacial score (nSPS) is 24.6. The second-order valence-electron chi connectivity index (χ2n) is 3.38. The Kier molecular flexibility index (Phi) is 2.69. The van der Waals surface area contributed by atoms with Crippen molar-refractivity contribution in [2.75, 3.05) is 20.0 Å². The third kappa shape index (κ3) is 1.96. The van der Waals surface area contributed by atoms with E-state index in [2.05, 4.69) is 13.8 Å². The first-order valence-electron chi connectivity index (χ1n) is 3.92. The smallest absolute Gasteiger partial charge is 0.146 e. The minimum atomic E-state index is 0.285. The van der Waals surface area contributed by atoms with Crippen LogP contribution in [-0.4, -0.2) is 20.0 Å². The van der Waals surface area contributed by atoms with Crippen LogP contribution in [0.5, 0.6) is 0 Å². The zero-order valence-electron chi connectivity index (χ0n) is 6.85. The molecule has 0 aliphatic carbocycles. The van der Waals surface area contributed by atoms with Crippen molar-refractivity contribution in [2.24, 2.45) is 5.41 Å². The summed E-state index contributed by atoms with van der Waals surface area (Å²) in [5, 5.41) is 0. The second kappa shape index (κ2) is 3.35. The van der Waals surface area contributed by atoms with Gasteiger partial charge in [-0.05, 0) is 6.42 Å². The summed E-state index contributed by atoms with van der Waals surface area (Å²) in [5.74, 6) is 0. The Hall–Kier alpha value is -0.0800. The van der Waals surface area contributed by atoms with Crippen molar-refractivity contribution in [3.8, 4) is 0 Å². The van der Waals surface area contributed by atoms with Crippen molar-refractivity contribution >= 4 is 0 Å². The number of ether oxygens (including phenoxy) is 2. The van der Waals surface area contributed by atoms with Crippen molar-refractivity contribution in [1.82, 2.24) is 0 Å². The van der Waals surface area contributed by atoms with Gasteiger partial charge in [-0.15, -0.1) is 0 Å². The van der Waals surface area contributed by atoms with Gasteiger partial charge in [-0.1, -0.05) is 20.3 Å². The van der Waals surface area contributed by atoms with Gasteiger partial charge in [0.1, 0.15) is 6.79 Å². The zero-order valence-corrected chi connectivity index (χ0v) is 6.85. The molecule has 0 aromatic heterocycles. The van der Waals surface area contributed by atoms with Crippen LogP contribution in [0.25, 0.3) is 0 Å². The van der Waals surface area contributed by atoms with Gasteiger partial charge >= 0.3 is 0 Å². The van der Waals surface area contributed by atoms with Crippen molar-refractivity contribution in [1.29, 1.82) is 0 Å². The SMILES string of the molecule is CCCC1(C)COCOC1. The summed E-state index contributed by atoms with van der Waals surface area (Å²) in [6.07, 6.45) is 2.41. The quantitative estimate of drug-likeness (QED) is 0.588. The minimum absolute atomic E-state index is 0.285. The first-order chi connectivity index (χ1) is 4.77. The molecule has 0 aromatic rings. The van der Waals surface area contributed by atoms with Crippen LogP contribution in [0.1, 0.15) is 26.7 Å². The second-order valence-corrected chi connectivity index (χ2v) is 3.38. The molecule has 0 amide bonds. The Labute approximate surface area is 62.5 Å². The molecule has 1 aliphatic heterocycles. The number of hydrogen-bond donors (Lipinski definition) is 0. The van der Waals surface area contributed by atoms with E-state index in [0.29, 0.717) is 6.79 Å². The molecule has 0 radical (unpaired) electrons. The molecule has 0 spiro atoms. The van der Waals surface area contributed by atoms with Crippen molar-refractivity contribution in [2.45, 2.75) is 26.7 Å². The summed E-state index contributed by atoms with van der Waals surface area (Å²) >= 11 is 0. The molecule has 0 aromatic carbocycles. The molecule has 1 heterocycles. The minimum Gasteiger partial charge on any atom is -0.355 e. The lowest BCUT2D eigenvalue weighted by Crippen LogP contribution is -2.34. The Morgan fingerprint density at radius 2 is 1.90 bits per heavy atom. The van der Waals surface area contributed by atoms with Gasteiger partial charge in [-0.25, -0.2) is 0 Å². The maximum atomic E-state index is 5.22. The highest BCUT2D eigenvalue weighted by Gasteiger charge is 2.26. The molecular formula is C8H16O2. The molecule has 10 heavy (non-hydrogen) atoms. The molecule has 60 valence electrons. The van der Waals surface area contributed by atoms with Crippen LogP contribution >= 0.6 is 0 Å². The number of hydrogen-bond acceptors (Lipinski definition) is 2. The highest BCUT2D eigenvalue weighted by atomic mass is 16.7. The van der Waals surface area contributed by atoms with Crippen LogP contribution in [0.15, 0.2) is 0 Å². The average Bonchev–Trinajstić information content (AvgIpc) is 1.89. The van der Waals surface area contributed by atoms with E-state index in [1.807, 2.05) is 0 Å². The summed E-state index contributed by atoms with van der Waals surface area (Å²) in [7, 11) is 0.